The van der Waals surface area contributed by atoms with E-state index in [1.54, 1.807) is 18.2 Å². The second-order valence-electron chi connectivity index (χ2n) is 6.02. The van der Waals surface area contributed by atoms with Crippen molar-refractivity contribution < 1.29 is 18.0 Å². The van der Waals surface area contributed by atoms with E-state index in [-0.39, 0.29) is 10.0 Å². The van der Waals surface area contributed by atoms with Gasteiger partial charge in [0.25, 0.3) is 5.91 Å². The molecule has 1 saturated heterocycles. The number of H-pyrrole nitrogens is 1. The number of halogens is 3. The number of rotatable bonds is 3. The largest absolute Gasteiger partial charge is 0.416 e. The molecule has 2 heterocycles. The third-order valence-electron chi connectivity index (χ3n) is 4.12. The molecular weight excluding hydrogens is 421 g/mol. The topological polar surface area (TPSA) is 61.9 Å². The molecule has 0 spiro atoms. The highest BCUT2D eigenvalue weighted by Gasteiger charge is 2.36. The molecule has 1 aliphatic rings. The third-order valence-corrected chi connectivity index (χ3v) is 5.43. The van der Waals surface area contributed by atoms with Gasteiger partial charge in [-0.25, -0.2) is 0 Å². The average molecular weight is 432 g/mol. The fourth-order valence-corrected chi connectivity index (χ4v) is 4.05. The molecule has 0 aliphatic carbocycles. The Kier molecular flexibility index (Phi) is 4.97. The smallest absolute Gasteiger partial charge is 0.328 e. The van der Waals surface area contributed by atoms with Crippen molar-refractivity contribution in [2.75, 3.05) is 4.90 Å². The molecule has 2 aromatic carbocycles. The van der Waals surface area contributed by atoms with Gasteiger partial charge in [0.15, 0.2) is 10.1 Å². The second-order valence-corrected chi connectivity index (χ2v) is 7.70. The van der Waals surface area contributed by atoms with Gasteiger partial charge in [-0.2, -0.15) is 13.2 Å². The van der Waals surface area contributed by atoms with Crippen molar-refractivity contribution in [1.82, 2.24) is 15.2 Å². The maximum Gasteiger partial charge on any atom is 0.416 e. The van der Waals surface area contributed by atoms with Crippen LogP contribution in [-0.2, 0) is 11.0 Å². The zero-order chi connectivity index (χ0) is 20.6. The van der Waals surface area contributed by atoms with E-state index in [4.69, 9.17) is 12.2 Å². The monoisotopic (exact) mass is 432 g/mol. The minimum atomic E-state index is -4.50. The van der Waals surface area contributed by atoms with Crippen LogP contribution in [0.25, 0.3) is 17.5 Å². The Morgan fingerprint density at radius 1 is 1.14 bits per heavy atom. The Morgan fingerprint density at radius 3 is 2.55 bits per heavy atom. The molecule has 1 N–H and O–H groups in total. The van der Waals surface area contributed by atoms with Crippen LogP contribution in [0, 0.1) is 0 Å². The van der Waals surface area contributed by atoms with E-state index in [0.717, 1.165) is 39.9 Å². The summed E-state index contributed by atoms with van der Waals surface area (Å²) in [5, 5.41) is 7.65. The van der Waals surface area contributed by atoms with Crippen LogP contribution in [0.15, 0.2) is 59.8 Å². The number of aromatic nitrogens is 3. The Bertz CT molecular complexity index is 1110. The number of benzene rings is 2. The number of alkyl halides is 3. The van der Waals surface area contributed by atoms with Gasteiger partial charge >= 0.3 is 6.18 Å². The van der Waals surface area contributed by atoms with Crippen LogP contribution in [0.5, 0.6) is 0 Å². The summed E-state index contributed by atoms with van der Waals surface area (Å²) >= 11 is 6.28. The number of nitrogens with zero attached hydrogens (tertiary/aromatic N) is 3. The molecular formula is C19H11F3N4OS2. The van der Waals surface area contributed by atoms with Crippen LogP contribution >= 0.6 is 24.0 Å². The fourth-order valence-electron chi connectivity index (χ4n) is 2.75. The lowest BCUT2D eigenvalue weighted by Gasteiger charge is -2.16. The number of thiocarbonyl (C=S) groups is 1. The standard InChI is InChI=1S/C19H11F3N4OS2/c20-19(21,22)13-2-1-3-14(9-13)26-17(27)15(29-18(26)28)8-11-4-6-12(7-5-11)16-23-10-24-25-16/h1-10H,(H,23,24,25)/b15-8-. The first-order valence-corrected chi connectivity index (χ1v) is 9.47. The quantitative estimate of drug-likeness (QED) is 0.471. The molecule has 1 aliphatic heterocycles. The number of anilines is 1. The number of thioether (sulfide) groups is 1. The molecule has 1 fully saturated rings. The molecule has 146 valence electrons. The molecule has 10 heteroatoms. The molecule has 0 saturated carbocycles. The molecule has 4 rings (SSSR count). The summed E-state index contributed by atoms with van der Waals surface area (Å²) < 4.78 is 39.1. The highest BCUT2D eigenvalue weighted by Crippen LogP contribution is 2.38. The highest BCUT2D eigenvalue weighted by molar-refractivity contribution is 8.27. The predicted molar refractivity (Wildman–Crippen MR) is 109 cm³/mol. The van der Waals surface area contributed by atoms with Gasteiger partial charge in [-0.15, -0.1) is 10.2 Å². The molecule has 3 aromatic rings. The van der Waals surface area contributed by atoms with Crippen LogP contribution < -0.4 is 4.90 Å². The second kappa shape index (κ2) is 7.45. The first kappa shape index (κ1) is 19.3. The third kappa shape index (κ3) is 3.94. The van der Waals surface area contributed by atoms with Gasteiger partial charge in [0.2, 0.25) is 0 Å². The molecule has 0 unspecified atom stereocenters. The molecule has 0 atom stereocenters. The van der Waals surface area contributed by atoms with Gasteiger partial charge in [0.1, 0.15) is 6.33 Å². The summed E-state index contributed by atoms with van der Waals surface area (Å²) in [5.74, 6) is 0.158. The summed E-state index contributed by atoms with van der Waals surface area (Å²) in [6, 6.07) is 11.8. The van der Waals surface area contributed by atoms with Gasteiger partial charge in [0, 0.05) is 5.56 Å². The number of hydrogen-bond acceptors (Lipinski definition) is 5. The van der Waals surface area contributed by atoms with Crippen molar-refractivity contribution in [2.45, 2.75) is 6.18 Å². The highest BCUT2D eigenvalue weighted by atomic mass is 32.2. The summed E-state index contributed by atoms with van der Waals surface area (Å²) in [4.78, 5) is 17.1. The Morgan fingerprint density at radius 2 is 1.90 bits per heavy atom. The van der Waals surface area contributed by atoms with Gasteiger partial charge < -0.3 is 4.98 Å². The Hall–Kier alpha value is -2.98. The number of aromatic amines is 1. The van der Waals surface area contributed by atoms with E-state index in [2.05, 4.69) is 15.2 Å². The zero-order valence-corrected chi connectivity index (χ0v) is 16.1. The molecule has 0 bridgehead atoms. The van der Waals surface area contributed by atoms with Crippen molar-refractivity contribution in [1.29, 1.82) is 0 Å². The van der Waals surface area contributed by atoms with Crippen molar-refractivity contribution in [2.24, 2.45) is 0 Å². The predicted octanol–water partition coefficient (Wildman–Crippen LogP) is 4.90. The van der Waals surface area contributed by atoms with Gasteiger partial charge in [-0.05, 0) is 29.8 Å². The maximum atomic E-state index is 13.0. The van der Waals surface area contributed by atoms with Gasteiger partial charge in [-0.3, -0.25) is 9.69 Å². The number of carbonyl (C=O) groups excluding carboxylic acids is 1. The zero-order valence-electron chi connectivity index (χ0n) is 14.5. The van der Waals surface area contributed by atoms with E-state index in [1.807, 2.05) is 12.1 Å². The number of hydrogen-bond donors (Lipinski definition) is 1. The maximum absolute atomic E-state index is 13.0. The van der Waals surface area contributed by atoms with Crippen LogP contribution in [0.1, 0.15) is 11.1 Å². The van der Waals surface area contributed by atoms with Crippen LogP contribution in [0.2, 0.25) is 0 Å². The SMILES string of the molecule is O=C1/C(=C/c2ccc(-c3nnc[nH]3)cc2)SC(=S)N1c1cccc(C(F)(F)F)c1. The van der Waals surface area contributed by atoms with Crippen LogP contribution in [-0.4, -0.2) is 25.4 Å². The average Bonchev–Trinajstić information content (AvgIpc) is 3.31. The summed E-state index contributed by atoms with van der Waals surface area (Å²) in [6.07, 6.45) is -1.38. The van der Waals surface area contributed by atoms with Crippen LogP contribution in [0.4, 0.5) is 18.9 Å². The summed E-state index contributed by atoms with van der Waals surface area (Å²) in [7, 11) is 0. The van der Waals surface area contributed by atoms with Crippen molar-refractivity contribution in [3.05, 3.63) is 70.9 Å². The van der Waals surface area contributed by atoms with E-state index < -0.39 is 17.6 Å². The number of nitrogens with one attached hydrogen (secondary N) is 1. The lowest BCUT2D eigenvalue weighted by atomic mass is 10.1. The molecule has 29 heavy (non-hydrogen) atoms. The summed E-state index contributed by atoms with van der Waals surface area (Å²) in [6.45, 7) is 0. The first-order valence-electron chi connectivity index (χ1n) is 8.24. The summed E-state index contributed by atoms with van der Waals surface area (Å²) in [5.41, 5.74) is 0.830. The number of amides is 1. The Labute approximate surface area is 172 Å². The lowest BCUT2D eigenvalue weighted by Crippen LogP contribution is -2.27. The van der Waals surface area contributed by atoms with Gasteiger partial charge in [0.05, 0.1) is 16.2 Å². The van der Waals surface area contributed by atoms with Crippen molar-refractivity contribution >= 4 is 46.0 Å². The van der Waals surface area contributed by atoms with Gasteiger partial charge in [-0.1, -0.05) is 54.3 Å². The number of carbonyl (C=O) groups is 1. The van der Waals surface area contributed by atoms with Crippen molar-refractivity contribution in [3.8, 4) is 11.4 Å². The van der Waals surface area contributed by atoms with E-state index in [9.17, 15) is 18.0 Å². The minimum absolute atomic E-state index is 0.0893. The Balaban J connectivity index is 1.60. The molecule has 5 nitrogen and oxygen atoms in total. The first-order chi connectivity index (χ1) is 13.8. The lowest BCUT2D eigenvalue weighted by molar-refractivity contribution is -0.137. The van der Waals surface area contributed by atoms with Crippen LogP contribution in [0.3, 0.4) is 0 Å². The van der Waals surface area contributed by atoms with Crippen molar-refractivity contribution in [3.63, 3.8) is 0 Å². The molecule has 0 radical (unpaired) electrons. The van der Waals surface area contributed by atoms with E-state index in [1.165, 1.54) is 18.5 Å². The normalized spacial score (nSPS) is 16.1. The van der Waals surface area contributed by atoms with E-state index in [0.29, 0.717) is 10.7 Å². The minimum Gasteiger partial charge on any atom is -0.328 e. The fraction of sp³-hybridized carbons (Fsp3) is 0.0526. The van der Waals surface area contributed by atoms with E-state index >= 15 is 0 Å². The molecule has 1 amide bonds. The molecule has 1 aromatic heterocycles.